The van der Waals surface area contributed by atoms with E-state index in [1.54, 1.807) is 13.3 Å². The van der Waals surface area contributed by atoms with Gasteiger partial charge in [-0.15, -0.1) is 21.5 Å². The number of ketones is 4. The fourth-order valence-electron chi connectivity index (χ4n) is 15.0. The molecule has 0 saturated heterocycles. The van der Waals surface area contributed by atoms with Crippen LogP contribution in [-0.2, 0) is 99.6 Å². The van der Waals surface area contributed by atoms with Gasteiger partial charge in [0.15, 0.2) is 23.1 Å². The number of benzene rings is 8. The van der Waals surface area contributed by atoms with E-state index in [1.807, 2.05) is 152 Å². The van der Waals surface area contributed by atoms with Crippen molar-refractivity contribution in [3.8, 4) is 29.0 Å². The molecular weight excluding hydrogens is 2370 g/mol. The molecule has 0 saturated carbocycles. The maximum Gasteiger partial charge on any atom is 0.155 e. The van der Waals surface area contributed by atoms with Crippen molar-refractivity contribution in [3.63, 3.8) is 0 Å². The average molecular weight is 2460 g/mol. The quantitative estimate of drug-likeness (QED) is 0.0428. The van der Waals surface area contributed by atoms with Gasteiger partial charge in [-0.05, 0) is 154 Å². The van der Waals surface area contributed by atoms with Gasteiger partial charge in [-0.1, -0.05) is 150 Å². The van der Waals surface area contributed by atoms with Crippen LogP contribution in [0.1, 0.15) is 61.0 Å². The van der Waals surface area contributed by atoms with Gasteiger partial charge in [0.05, 0.1) is 49.9 Å². The van der Waals surface area contributed by atoms with Crippen LogP contribution in [0.5, 0.6) is 5.75 Å². The van der Waals surface area contributed by atoms with E-state index in [0.29, 0.717) is 0 Å². The SMILES string of the molecule is CC(=O)C=C(C)O.CC(=O)C=C(C)O.CC(=O)C=C(C)O.CC(=O)C=C(C)O.COc1cnc(-n2c3[c-]cccc3c3cccnc32)c2ccccc12.C[Si](C)(C)c1cnc(-n2c3[c-]cccc3c3cccnc32)c2ccccc12.Cc1ccc2ccnc(-n3c4[c-]cccc4c4cccnc43)c2c1.[Ir].[Ir].[Ir].[Ir].[c-]1cccc2c3cccnc3n(-c3ccc4ccccc4n3)c12. The maximum atomic E-state index is 10.0. The van der Waals surface area contributed by atoms with E-state index < -0.39 is 8.07 Å². The topological polar surface area (TPSA) is 281 Å². The summed E-state index contributed by atoms with van der Waals surface area (Å²) in [6.07, 6.45) is 17.7. The molecule has 0 bridgehead atoms. The maximum absolute atomic E-state index is 10.0. The zero-order valence-corrected chi connectivity index (χ0v) is 84.4. The molecule has 0 aliphatic carbocycles. The molecule has 0 amide bonds. The van der Waals surface area contributed by atoms with Crippen LogP contribution in [0.15, 0.2) is 321 Å². The van der Waals surface area contributed by atoms with Crippen LogP contribution in [-0.4, -0.2) is 117 Å². The molecule has 131 heavy (non-hydrogen) atoms. The minimum absolute atomic E-state index is 0. The molecule has 0 spiro atoms. The number of allylic oxidation sites excluding steroid dienone is 8. The van der Waals surface area contributed by atoms with Gasteiger partial charge >= 0.3 is 0 Å². The number of hydrogen-bond donors (Lipinski definition) is 4. The predicted octanol–water partition coefficient (Wildman–Crippen LogP) is 23.1. The Kier molecular flexibility index (Phi) is 35.8. The Labute approximate surface area is 812 Å². The largest absolute Gasteiger partial charge is 0.512 e. The summed E-state index contributed by atoms with van der Waals surface area (Å²) in [6.45, 7) is 20.6. The van der Waals surface area contributed by atoms with E-state index in [-0.39, 0.29) is 127 Å². The van der Waals surface area contributed by atoms with E-state index >= 15 is 0 Å². The van der Waals surface area contributed by atoms with E-state index in [0.717, 1.165) is 144 Å². The van der Waals surface area contributed by atoms with Crippen molar-refractivity contribution < 1.29 is 125 Å². The van der Waals surface area contributed by atoms with Crippen molar-refractivity contribution >= 4 is 167 Å². The molecule has 20 rings (SSSR count). The van der Waals surface area contributed by atoms with E-state index in [1.165, 1.54) is 107 Å². The Hall–Kier alpha value is -13.3. The number of methoxy groups -OCH3 is 1. The molecule has 0 atom stereocenters. The Morgan fingerprint density at radius 2 is 0.672 bits per heavy atom. The van der Waals surface area contributed by atoms with Crippen LogP contribution in [0.25, 0.3) is 154 Å². The van der Waals surface area contributed by atoms with Crippen LogP contribution in [0.3, 0.4) is 0 Å². The van der Waals surface area contributed by atoms with Crippen LogP contribution in [0, 0.1) is 31.2 Å². The van der Waals surface area contributed by atoms with Crippen molar-refractivity contribution in [2.24, 2.45) is 0 Å². The summed E-state index contributed by atoms with van der Waals surface area (Å²) in [6, 6.07) is 91.5. The number of nitrogens with zero attached hydrogens (tertiary/aromatic N) is 12. The first-order valence-electron chi connectivity index (χ1n) is 40.8. The van der Waals surface area contributed by atoms with Gasteiger partial charge in [-0.25, -0.2) is 39.9 Å². The molecule has 20 aromatic rings. The summed E-state index contributed by atoms with van der Waals surface area (Å²) >= 11 is 0. The number of carbonyl (C=O) groups is 4. The summed E-state index contributed by atoms with van der Waals surface area (Å²) in [5.41, 5.74) is 9.82. The van der Waals surface area contributed by atoms with Gasteiger partial charge in [0.2, 0.25) is 0 Å². The van der Waals surface area contributed by atoms with Crippen molar-refractivity contribution in [2.75, 3.05) is 7.11 Å². The fraction of sp³-hybridized carbons (Fsp3) is 0.124. The van der Waals surface area contributed by atoms with Gasteiger partial charge in [-0.3, -0.25) is 19.2 Å². The van der Waals surface area contributed by atoms with Crippen LogP contribution in [0.4, 0.5) is 0 Å². The van der Waals surface area contributed by atoms with Gasteiger partial charge in [0.1, 0.15) is 51.6 Å². The van der Waals surface area contributed by atoms with Gasteiger partial charge < -0.3 is 43.4 Å². The number of hydrogen-bond acceptors (Lipinski definition) is 17. The number of aromatic nitrogens is 12. The number of carbonyl (C=O) groups excluding carboxylic acids is 4. The van der Waals surface area contributed by atoms with Crippen LogP contribution in [0.2, 0.25) is 19.6 Å². The number of aryl methyl sites for hydroxylation is 1. The Bertz CT molecular complexity index is 7350. The second-order valence-corrected chi connectivity index (χ2v) is 35.9. The molecule has 0 fully saturated rings. The first kappa shape index (κ1) is 101. The minimum Gasteiger partial charge on any atom is -0.512 e. The number of ether oxygens (including phenoxy) is 1. The summed E-state index contributed by atoms with van der Waals surface area (Å²) in [7, 11) is 0.158. The fourth-order valence-corrected chi connectivity index (χ4v) is 16.5. The van der Waals surface area contributed by atoms with E-state index in [9.17, 15) is 19.2 Å². The van der Waals surface area contributed by atoms with Crippen LogP contribution >= 0.6 is 0 Å². The second-order valence-electron chi connectivity index (χ2n) is 30.9. The molecule has 21 nitrogen and oxygen atoms in total. The molecule has 26 heteroatoms. The first-order chi connectivity index (χ1) is 61.2. The van der Waals surface area contributed by atoms with Crippen LogP contribution < -0.4 is 9.92 Å². The second kappa shape index (κ2) is 46.3. The van der Waals surface area contributed by atoms with Crippen molar-refractivity contribution in [2.45, 2.75) is 82.0 Å². The molecule has 4 radical (unpaired) electrons. The first-order valence-corrected chi connectivity index (χ1v) is 44.3. The molecule has 12 heterocycles. The number of fused-ring (bicyclic) bond motifs is 16. The summed E-state index contributed by atoms with van der Waals surface area (Å²) in [5, 5.41) is 51.8. The van der Waals surface area contributed by atoms with Gasteiger partial charge in [-0.2, -0.15) is 97.1 Å². The zero-order valence-electron chi connectivity index (χ0n) is 73.8. The summed E-state index contributed by atoms with van der Waals surface area (Å²) in [5.74, 6) is 4.03. The summed E-state index contributed by atoms with van der Waals surface area (Å²) < 4.78 is 13.9. The molecule has 0 unspecified atom stereocenters. The van der Waals surface area contributed by atoms with Gasteiger partial charge in [0.25, 0.3) is 0 Å². The smallest absolute Gasteiger partial charge is 0.155 e. The van der Waals surface area contributed by atoms with Crippen molar-refractivity contribution in [1.82, 2.24) is 58.1 Å². The molecule has 0 aliphatic rings. The zero-order chi connectivity index (χ0) is 90.2. The molecular formula is C105H92Ir4N12O9Si-4. The predicted molar refractivity (Wildman–Crippen MR) is 513 cm³/mol. The third-order valence-electron chi connectivity index (χ3n) is 19.9. The van der Waals surface area contributed by atoms with Gasteiger partial charge in [0, 0.05) is 169 Å². The number of aliphatic hydroxyl groups is 4. The van der Waals surface area contributed by atoms with Crippen molar-refractivity contribution in [3.05, 3.63) is 351 Å². The molecule has 670 valence electrons. The Morgan fingerprint density at radius 1 is 0.336 bits per heavy atom. The minimum atomic E-state index is -1.51. The third kappa shape index (κ3) is 23.8. The van der Waals surface area contributed by atoms with Crippen molar-refractivity contribution in [1.29, 1.82) is 0 Å². The number of para-hydroxylation sites is 5. The summed E-state index contributed by atoms with van der Waals surface area (Å²) in [4.78, 5) is 77.7. The van der Waals surface area contributed by atoms with E-state index in [2.05, 4.69) is 204 Å². The molecule has 8 aromatic carbocycles. The molecule has 0 aliphatic heterocycles. The monoisotopic (exact) mass is 2460 g/mol. The number of rotatable bonds is 10. The number of aliphatic hydroxyl groups excluding tert-OH is 4. The standard InChI is InChI=1S/C23H20N3Si.C21H14N3O.C21H14N3.C20H12N3.4C5H8O2.4Ir/c1-27(2,3)21-15-25-23(19-11-5-4-10-17(19)21)26-20-13-7-6-9-16(20)18-12-8-14-24-22(18)26;1-25-19-13-23-21(17-9-3-2-8-15(17)19)24-18-11-5-4-7-14(18)16-10-6-12-22-20(16)24;1-14-8-9-15-10-12-23-21(18(15)13-14)24-19-7-3-2-5-16(19)17-6-4-11-22-20(17)24;1-3-9-17-14(6-1)11-12-19(22-17)23-18-10-4-2-7-15(18)16-8-5-13-21-20(16)23;4*1-4(6)3-5(2)7;;;;/h4-12,14-15H,1-3H3;2-10,12-13H,1H3;2-6,8-13H,1H3;1-9,11-13H;4*3,6H,1-2H3;;;;/q4*-1;;;;;;;;. The molecule has 12 aromatic heterocycles. The Balaban J connectivity index is 0.000000177. The normalized spacial score (nSPS) is 11.3. The molecule has 4 N–H and O–H groups in total. The number of pyridine rings is 8. The third-order valence-corrected chi connectivity index (χ3v) is 21.9. The Morgan fingerprint density at radius 3 is 1.06 bits per heavy atom. The van der Waals surface area contributed by atoms with E-state index in [4.69, 9.17) is 45.1 Å². The average Bonchev–Trinajstić information content (AvgIpc) is 1.49.